The maximum Gasteiger partial charge on any atom is 0.314 e. The summed E-state index contributed by atoms with van der Waals surface area (Å²) in [5.41, 5.74) is 0.839. The summed E-state index contributed by atoms with van der Waals surface area (Å²) < 4.78 is 19.7. The smallest absolute Gasteiger partial charge is 0.314 e. The average molecular weight is 401 g/mol. The van der Waals surface area contributed by atoms with E-state index in [4.69, 9.17) is 4.74 Å². The summed E-state index contributed by atoms with van der Waals surface area (Å²) in [7, 11) is 0. The molecular formula is C26H37FO2. The molecule has 1 aromatic carbocycles. The van der Waals surface area contributed by atoms with Gasteiger partial charge < -0.3 is 4.74 Å². The van der Waals surface area contributed by atoms with Crippen molar-refractivity contribution in [3.63, 3.8) is 0 Å². The first-order chi connectivity index (χ1) is 14.0. The van der Waals surface area contributed by atoms with Gasteiger partial charge >= 0.3 is 5.97 Å². The van der Waals surface area contributed by atoms with E-state index in [2.05, 4.69) is 6.92 Å². The molecule has 0 aromatic heterocycles. The van der Waals surface area contributed by atoms with E-state index in [1.165, 1.54) is 57.4 Å². The lowest BCUT2D eigenvalue weighted by molar-refractivity contribution is -0.144. The molecule has 3 aliphatic rings. The van der Waals surface area contributed by atoms with Crippen LogP contribution in [0.25, 0.3) is 0 Å². The topological polar surface area (TPSA) is 26.3 Å². The molecule has 0 spiro atoms. The lowest BCUT2D eigenvalue weighted by Crippen LogP contribution is -2.40. The largest absolute Gasteiger partial charge is 0.423 e. The molecule has 3 fully saturated rings. The summed E-state index contributed by atoms with van der Waals surface area (Å²) in [6.07, 6.45) is 14.0. The van der Waals surface area contributed by atoms with Gasteiger partial charge in [-0.05, 0) is 92.7 Å². The number of hydrogen-bond donors (Lipinski definition) is 0. The van der Waals surface area contributed by atoms with Crippen molar-refractivity contribution in [2.45, 2.75) is 84.5 Å². The van der Waals surface area contributed by atoms with Gasteiger partial charge in [-0.25, -0.2) is 4.39 Å². The highest BCUT2D eigenvalue weighted by atomic mass is 19.1. The van der Waals surface area contributed by atoms with Crippen LogP contribution in [0, 0.1) is 48.2 Å². The summed E-state index contributed by atoms with van der Waals surface area (Å²) >= 11 is 0. The molecule has 0 N–H and O–H groups in total. The van der Waals surface area contributed by atoms with Crippen LogP contribution >= 0.6 is 0 Å². The summed E-state index contributed by atoms with van der Waals surface area (Å²) in [4.78, 5) is 12.9. The summed E-state index contributed by atoms with van der Waals surface area (Å²) in [5, 5.41) is 0. The molecule has 2 nitrogen and oxygen atoms in total. The monoisotopic (exact) mass is 400 g/mol. The van der Waals surface area contributed by atoms with Crippen molar-refractivity contribution in [2.75, 3.05) is 0 Å². The van der Waals surface area contributed by atoms with E-state index < -0.39 is 5.82 Å². The van der Waals surface area contributed by atoms with Gasteiger partial charge in [0.1, 0.15) is 0 Å². The Morgan fingerprint density at radius 2 is 1.76 bits per heavy atom. The third kappa shape index (κ3) is 4.70. The minimum absolute atomic E-state index is 0.0498. The molecule has 3 aliphatic carbocycles. The Morgan fingerprint density at radius 3 is 2.48 bits per heavy atom. The van der Waals surface area contributed by atoms with Gasteiger partial charge in [-0.2, -0.15) is 0 Å². The Kier molecular flexibility index (Phi) is 6.61. The predicted octanol–water partition coefficient (Wildman–Crippen LogP) is 7.09. The van der Waals surface area contributed by atoms with Crippen LogP contribution in [0.3, 0.4) is 0 Å². The standard InChI is InChI=1S/C26H37FO2/c1-3-18-8-10-19(11-9-18)20-12-13-22-21(16-20)5-4-6-23(22)26(28)29-25-14-7-17(2)15-24(25)27/h7,14-15,18-23H,3-6,8-13,16H2,1-2H3. The number of esters is 1. The van der Waals surface area contributed by atoms with E-state index in [-0.39, 0.29) is 17.6 Å². The Balaban J connectivity index is 1.36. The summed E-state index contributed by atoms with van der Waals surface area (Å²) in [6, 6.07) is 4.82. The van der Waals surface area contributed by atoms with Crippen LogP contribution in [-0.4, -0.2) is 5.97 Å². The number of halogens is 1. The summed E-state index contributed by atoms with van der Waals surface area (Å²) in [6.45, 7) is 4.17. The van der Waals surface area contributed by atoms with E-state index in [0.29, 0.717) is 11.8 Å². The molecule has 0 heterocycles. The van der Waals surface area contributed by atoms with Gasteiger partial charge in [-0.1, -0.05) is 45.1 Å². The zero-order chi connectivity index (χ0) is 20.4. The lowest BCUT2D eigenvalue weighted by Gasteiger charge is -2.46. The van der Waals surface area contributed by atoms with Crippen molar-refractivity contribution in [1.29, 1.82) is 0 Å². The second kappa shape index (κ2) is 9.18. The highest BCUT2D eigenvalue weighted by Crippen LogP contribution is 2.50. The first-order valence-electron chi connectivity index (χ1n) is 12.0. The highest BCUT2D eigenvalue weighted by Gasteiger charge is 2.43. The van der Waals surface area contributed by atoms with Crippen LogP contribution < -0.4 is 4.74 Å². The van der Waals surface area contributed by atoms with E-state index >= 15 is 0 Å². The fourth-order valence-corrected chi connectivity index (χ4v) is 6.66. The van der Waals surface area contributed by atoms with E-state index in [0.717, 1.165) is 42.6 Å². The first kappa shape index (κ1) is 20.9. The molecular weight excluding hydrogens is 363 g/mol. The number of rotatable bonds is 4. The number of carbonyl (C=O) groups is 1. The quantitative estimate of drug-likeness (QED) is 0.398. The Morgan fingerprint density at radius 1 is 1.00 bits per heavy atom. The Hall–Kier alpha value is -1.38. The van der Waals surface area contributed by atoms with Crippen LogP contribution in [-0.2, 0) is 4.79 Å². The highest BCUT2D eigenvalue weighted by molar-refractivity contribution is 5.75. The van der Waals surface area contributed by atoms with Gasteiger partial charge in [0.15, 0.2) is 11.6 Å². The second-order valence-electron chi connectivity index (χ2n) is 10.1. The first-order valence-corrected chi connectivity index (χ1v) is 12.0. The normalized spacial score (nSPS) is 35.0. The minimum atomic E-state index is -0.433. The molecule has 1 aromatic rings. The van der Waals surface area contributed by atoms with Crippen molar-refractivity contribution in [2.24, 2.45) is 35.5 Å². The Labute approximate surface area is 175 Å². The number of fused-ring (bicyclic) bond motifs is 1. The third-order valence-electron chi connectivity index (χ3n) is 8.42. The second-order valence-corrected chi connectivity index (χ2v) is 10.1. The third-order valence-corrected chi connectivity index (χ3v) is 8.42. The molecule has 0 amide bonds. The Bertz CT molecular complexity index is 707. The molecule has 4 rings (SSSR count). The maximum atomic E-state index is 14.1. The van der Waals surface area contributed by atoms with Crippen LogP contribution in [0.5, 0.6) is 5.75 Å². The van der Waals surface area contributed by atoms with Gasteiger partial charge in [-0.3, -0.25) is 4.79 Å². The predicted molar refractivity (Wildman–Crippen MR) is 114 cm³/mol. The zero-order valence-electron chi connectivity index (χ0n) is 18.2. The van der Waals surface area contributed by atoms with Gasteiger partial charge in [0.25, 0.3) is 0 Å². The van der Waals surface area contributed by atoms with Gasteiger partial charge in [0.05, 0.1) is 5.92 Å². The molecule has 0 saturated heterocycles. The van der Waals surface area contributed by atoms with Crippen molar-refractivity contribution < 1.29 is 13.9 Å². The van der Waals surface area contributed by atoms with Crippen LogP contribution in [0.1, 0.15) is 83.1 Å². The van der Waals surface area contributed by atoms with E-state index in [1.807, 2.05) is 6.92 Å². The zero-order valence-corrected chi connectivity index (χ0v) is 18.2. The van der Waals surface area contributed by atoms with E-state index in [9.17, 15) is 9.18 Å². The molecule has 4 atom stereocenters. The lowest BCUT2D eigenvalue weighted by atomic mass is 9.59. The number of carbonyl (C=O) groups excluding carboxylic acids is 1. The molecule has 0 bridgehead atoms. The molecule has 3 saturated carbocycles. The number of hydrogen-bond acceptors (Lipinski definition) is 2. The molecule has 3 heteroatoms. The van der Waals surface area contributed by atoms with Crippen molar-refractivity contribution in [3.8, 4) is 5.75 Å². The average Bonchev–Trinajstić information content (AvgIpc) is 2.75. The summed E-state index contributed by atoms with van der Waals surface area (Å²) in [5.74, 6) is 3.22. The molecule has 4 unspecified atom stereocenters. The van der Waals surface area contributed by atoms with Crippen molar-refractivity contribution in [3.05, 3.63) is 29.6 Å². The number of benzene rings is 1. The minimum Gasteiger partial charge on any atom is -0.423 e. The number of ether oxygens (including phenoxy) is 1. The van der Waals surface area contributed by atoms with Crippen molar-refractivity contribution >= 4 is 5.97 Å². The maximum absolute atomic E-state index is 14.1. The number of aryl methyl sites for hydroxylation is 1. The van der Waals surface area contributed by atoms with Gasteiger partial charge in [0.2, 0.25) is 0 Å². The van der Waals surface area contributed by atoms with Crippen molar-refractivity contribution in [1.82, 2.24) is 0 Å². The van der Waals surface area contributed by atoms with Crippen LogP contribution in [0.15, 0.2) is 18.2 Å². The van der Waals surface area contributed by atoms with Crippen LogP contribution in [0.2, 0.25) is 0 Å². The molecule has 0 aliphatic heterocycles. The fraction of sp³-hybridized carbons (Fsp3) is 0.731. The van der Waals surface area contributed by atoms with Crippen LogP contribution in [0.4, 0.5) is 4.39 Å². The SMILES string of the molecule is CCC1CCC(C2CCC3C(CCCC3C(=O)Oc3ccc(C)cc3F)C2)CC1. The van der Waals surface area contributed by atoms with E-state index in [1.54, 1.807) is 12.1 Å². The molecule has 160 valence electrons. The van der Waals surface area contributed by atoms with Gasteiger partial charge in [-0.15, -0.1) is 0 Å². The molecule has 29 heavy (non-hydrogen) atoms. The molecule has 0 radical (unpaired) electrons. The fourth-order valence-electron chi connectivity index (χ4n) is 6.66. The van der Waals surface area contributed by atoms with Gasteiger partial charge in [0, 0.05) is 0 Å².